The van der Waals surface area contributed by atoms with Crippen molar-refractivity contribution < 1.29 is 0 Å². The topological polar surface area (TPSA) is 38.7 Å². The zero-order valence-corrected chi connectivity index (χ0v) is 18.2. The first-order valence-electron chi connectivity index (χ1n) is 9.99. The Balaban J connectivity index is 1.60. The average Bonchev–Trinajstić information content (AvgIpc) is 2.85. The molecule has 1 aromatic heterocycles. The molecule has 1 heterocycles. The van der Waals surface area contributed by atoms with Crippen LogP contribution < -0.4 is 0 Å². The summed E-state index contributed by atoms with van der Waals surface area (Å²) >= 11 is 3.49. The molecule has 0 unspecified atom stereocenters. The lowest BCUT2D eigenvalue weighted by Gasteiger charge is -2.09. The molecule has 0 amide bonds. The lowest BCUT2D eigenvalue weighted by molar-refractivity contribution is 1.07. The van der Waals surface area contributed by atoms with Gasteiger partial charge in [0.15, 0.2) is 17.5 Å². The molecule has 0 aliphatic heterocycles. The van der Waals surface area contributed by atoms with Crippen molar-refractivity contribution in [1.29, 1.82) is 0 Å². The number of hydrogen-bond donors (Lipinski definition) is 0. The van der Waals surface area contributed by atoms with E-state index in [-0.39, 0.29) is 0 Å². The molecule has 4 aromatic carbocycles. The second-order valence-corrected chi connectivity index (χ2v) is 8.04. The molecule has 0 atom stereocenters. The fourth-order valence-corrected chi connectivity index (χ4v) is 3.66. The molecule has 0 saturated carbocycles. The van der Waals surface area contributed by atoms with E-state index in [1.807, 2.05) is 72.8 Å². The van der Waals surface area contributed by atoms with Crippen molar-refractivity contribution in [3.63, 3.8) is 0 Å². The van der Waals surface area contributed by atoms with Crippen LogP contribution in [0.5, 0.6) is 0 Å². The molecule has 0 fully saturated rings. The van der Waals surface area contributed by atoms with Crippen molar-refractivity contribution in [2.75, 3.05) is 0 Å². The van der Waals surface area contributed by atoms with Gasteiger partial charge in [0.2, 0.25) is 0 Å². The molecule has 5 aromatic rings. The van der Waals surface area contributed by atoms with Gasteiger partial charge < -0.3 is 0 Å². The van der Waals surface area contributed by atoms with Crippen molar-refractivity contribution in [2.45, 2.75) is 0 Å². The third-order valence-corrected chi connectivity index (χ3v) is 5.55. The Hall–Kier alpha value is -3.63. The fraction of sp³-hybridized carbons (Fsp3) is 0. The first kappa shape index (κ1) is 19.3. The Morgan fingerprint density at radius 1 is 0.355 bits per heavy atom. The van der Waals surface area contributed by atoms with Gasteiger partial charge in [-0.05, 0) is 23.3 Å². The van der Waals surface area contributed by atoms with Gasteiger partial charge in [0.05, 0.1) is 0 Å². The largest absolute Gasteiger partial charge is 0.208 e. The molecule has 0 spiro atoms. The van der Waals surface area contributed by atoms with Crippen LogP contribution in [0.3, 0.4) is 0 Å². The summed E-state index contributed by atoms with van der Waals surface area (Å²) in [5.41, 5.74) is 5.22. The molecule has 3 nitrogen and oxygen atoms in total. The standard InChI is InChI=1S/C27H18BrN3/c28-24-17-15-23(16-18-24)27-30-25(21-9-5-2-6-10-21)29-26(31-27)22-13-11-20(12-14-22)19-7-3-1-4-8-19/h1-18H. The summed E-state index contributed by atoms with van der Waals surface area (Å²) in [6.07, 6.45) is 0. The number of aromatic nitrogens is 3. The van der Waals surface area contributed by atoms with Crippen molar-refractivity contribution in [2.24, 2.45) is 0 Å². The molecule has 0 saturated heterocycles. The van der Waals surface area contributed by atoms with Gasteiger partial charge in [-0.15, -0.1) is 0 Å². The van der Waals surface area contributed by atoms with Crippen LogP contribution in [0.1, 0.15) is 0 Å². The van der Waals surface area contributed by atoms with E-state index in [9.17, 15) is 0 Å². The second kappa shape index (κ2) is 8.62. The molecule has 0 bridgehead atoms. The molecule has 148 valence electrons. The summed E-state index contributed by atoms with van der Waals surface area (Å²) in [6.45, 7) is 0. The SMILES string of the molecule is Brc1ccc(-c2nc(-c3ccccc3)nc(-c3ccc(-c4ccccc4)cc3)n2)cc1. The molecule has 4 heteroatoms. The molecular formula is C27H18BrN3. The van der Waals surface area contributed by atoms with E-state index in [1.54, 1.807) is 0 Å². The van der Waals surface area contributed by atoms with E-state index in [2.05, 4.69) is 52.3 Å². The molecular weight excluding hydrogens is 446 g/mol. The number of hydrogen-bond acceptors (Lipinski definition) is 3. The Kier molecular flexibility index (Phi) is 5.38. The number of nitrogens with zero attached hydrogens (tertiary/aromatic N) is 3. The van der Waals surface area contributed by atoms with Crippen LogP contribution in [0.2, 0.25) is 0 Å². The highest BCUT2D eigenvalue weighted by molar-refractivity contribution is 9.10. The fourth-order valence-electron chi connectivity index (χ4n) is 3.39. The van der Waals surface area contributed by atoms with E-state index in [4.69, 9.17) is 15.0 Å². The number of benzene rings is 4. The highest BCUT2D eigenvalue weighted by Crippen LogP contribution is 2.27. The summed E-state index contributed by atoms with van der Waals surface area (Å²) in [5.74, 6) is 1.98. The molecule has 0 N–H and O–H groups in total. The van der Waals surface area contributed by atoms with Crippen LogP contribution in [0.25, 0.3) is 45.3 Å². The molecule has 0 radical (unpaired) electrons. The van der Waals surface area contributed by atoms with E-state index >= 15 is 0 Å². The van der Waals surface area contributed by atoms with Crippen LogP contribution >= 0.6 is 15.9 Å². The predicted octanol–water partition coefficient (Wildman–Crippen LogP) is 7.30. The van der Waals surface area contributed by atoms with E-state index in [0.29, 0.717) is 17.5 Å². The van der Waals surface area contributed by atoms with Crippen LogP contribution in [-0.4, -0.2) is 15.0 Å². The maximum Gasteiger partial charge on any atom is 0.164 e. The van der Waals surface area contributed by atoms with Gasteiger partial charge in [-0.3, -0.25) is 0 Å². The smallest absolute Gasteiger partial charge is 0.164 e. The van der Waals surface area contributed by atoms with Crippen LogP contribution in [0, 0.1) is 0 Å². The zero-order chi connectivity index (χ0) is 21.0. The van der Waals surface area contributed by atoms with Gasteiger partial charge in [0.1, 0.15) is 0 Å². The van der Waals surface area contributed by atoms with Gasteiger partial charge in [0.25, 0.3) is 0 Å². The summed E-state index contributed by atoms with van der Waals surface area (Å²) < 4.78 is 1.02. The number of rotatable bonds is 4. The predicted molar refractivity (Wildman–Crippen MR) is 129 cm³/mol. The summed E-state index contributed by atoms with van der Waals surface area (Å²) in [6, 6.07) is 36.7. The van der Waals surface area contributed by atoms with Crippen LogP contribution in [0.15, 0.2) is 114 Å². The average molecular weight is 464 g/mol. The summed E-state index contributed by atoms with van der Waals surface area (Å²) in [7, 11) is 0. The molecule has 31 heavy (non-hydrogen) atoms. The van der Waals surface area contributed by atoms with Crippen LogP contribution in [0.4, 0.5) is 0 Å². The molecule has 0 aliphatic carbocycles. The molecule has 5 rings (SSSR count). The van der Waals surface area contributed by atoms with E-state index < -0.39 is 0 Å². The quantitative estimate of drug-likeness (QED) is 0.280. The Morgan fingerprint density at radius 2 is 0.677 bits per heavy atom. The Bertz CT molecular complexity index is 1300. The highest BCUT2D eigenvalue weighted by Gasteiger charge is 2.12. The van der Waals surface area contributed by atoms with Gasteiger partial charge >= 0.3 is 0 Å². The Labute approximate surface area is 189 Å². The van der Waals surface area contributed by atoms with Crippen molar-refractivity contribution in [1.82, 2.24) is 15.0 Å². The monoisotopic (exact) mass is 463 g/mol. The minimum atomic E-state index is 0.656. The van der Waals surface area contributed by atoms with Crippen molar-refractivity contribution in [3.8, 4) is 45.3 Å². The molecule has 0 aliphatic rings. The number of halogens is 1. The maximum absolute atomic E-state index is 4.79. The van der Waals surface area contributed by atoms with Gasteiger partial charge in [-0.1, -0.05) is 113 Å². The first-order chi connectivity index (χ1) is 15.3. The maximum atomic E-state index is 4.79. The third-order valence-electron chi connectivity index (χ3n) is 5.02. The summed E-state index contributed by atoms with van der Waals surface area (Å²) in [5, 5.41) is 0. The zero-order valence-electron chi connectivity index (χ0n) is 16.6. The Morgan fingerprint density at radius 3 is 1.16 bits per heavy atom. The van der Waals surface area contributed by atoms with Gasteiger partial charge in [0, 0.05) is 21.2 Å². The van der Waals surface area contributed by atoms with Gasteiger partial charge in [-0.25, -0.2) is 15.0 Å². The highest BCUT2D eigenvalue weighted by atomic mass is 79.9. The minimum absolute atomic E-state index is 0.656. The third kappa shape index (κ3) is 4.30. The lowest BCUT2D eigenvalue weighted by Crippen LogP contribution is -2.00. The lowest BCUT2D eigenvalue weighted by atomic mass is 10.0. The van der Waals surface area contributed by atoms with Gasteiger partial charge in [-0.2, -0.15) is 0 Å². The van der Waals surface area contributed by atoms with Crippen molar-refractivity contribution >= 4 is 15.9 Å². The van der Waals surface area contributed by atoms with E-state index in [0.717, 1.165) is 26.7 Å². The summed E-state index contributed by atoms with van der Waals surface area (Å²) in [4.78, 5) is 14.3. The minimum Gasteiger partial charge on any atom is -0.208 e. The van der Waals surface area contributed by atoms with Crippen LogP contribution in [-0.2, 0) is 0 Å². The first-order valence-corrected chi connectivity index (χ1v) is 10.8. The normalized spacial score (nSPS) is 10.7. The second-order valence-electron chi connectivity index (χ2n) is 7.12. The van der Waals surface area contributed by atoms with Crippen molar-refractivity contribution in [3.05, 3.63) is 114 Å². The van der Waals surface area contributed by atoms with E-state index in [1.165, 1.54) is 5.56 Å².